The van der Waals surface area contributed by atoms with Crippen LogP contribution in [0.15, 0.2) is 72.8 Å². The number of halogens is 1. The zero-order valence-electron chi connectivity index (χ0n) is 15.6. The summed E-state index contributed by atoms with van der Waals surface area (Å²) in [5, 5.41) is 6.00. The van der Waals surface area contributed by atoms with Gasteiger partial charge in [-0.2, -0.15) is 0 Å². The Morgan fingerprint density at radius 1 is 0.862 bits per heavy atom. The zero-order chi connectivity index (χ0) is 20.6. The molecule has 0 aliphatic rings. The monoisotopic (exact) mass is 410 g/mol. The Bertz CT molecular complexity index is 1020. The van der Waals surface area contributed by atoms with Crippen LogP contribution in [-0.4, -0.2) is 25.5 Å². The number of ether oxygens (including phenoxy) is 2. The van der Waals surface area contributed by atoms with Crippen LogP contribution in [0.5, 0.6) is 11.5 Å². The van der Waals surface area contributed by atoms with Crippen LogP contribution in [0, 0.1) is 0 Å². The number of anilines is 2. The highest BCUT2D eigenvalue weighted by Gasteiger charge is 2.10. The molecular weight excluding hydrogens is 392 g/mol. The Labute approximate surface area is 173 Å². The molecule has 0 unspecified atom stereocenters. The first-order chi connectivity index (χ1) is 14.0. The van der Waals surface area contributed by atoms with Gasteiger partial charge in [0.05, 0.1) is 7.11 Å². The molecule has 0 atom stereocenters. The molecule has 0 fully saturated rings. The normalized spacial score (nSPS) is 10.1. The summed E-state index contributed by atoms with van der Waals surface area (Å²) in [6.07, 6.45) is 0. The van der Waals surface area contributed by atoms with Crippen molar-refractivity contribution in [2.24, 2.45) is 0 Å². The zero-order valence-corrected chi connectivity index (χ0v) is 16.4. The number of carbonyl (C=O) groups excluding carboxylic acids is 2. The molecule has 0 radical (unpaired) electrons. The van der Waals surface area contributed by atoms with E-state index in [4.69, 9.17) is 21.1 Å². The lowest BCUT2D eigenvalue weighted by atomic mass is 10.2. The van der Waals surface area contributed by atoms with Gasteiger partial charge < -0.3 is 20.1 Å². The molecule has 2 N–H and O–H groups in total. The van der Waals surface area contributed by atoms with E-state index in [1.54, 1.807) is 66.7 Å². The largest absolute Gasteiger partial charge is 0.493 e. The second kappa shape index (κ2) is 9.61. The molecule has 3 aromatic rings. The van der Waals surface area contributed by atoms with E-state index in [-0.39, 0.29) is 18.4 Å². The second-order valence-electron chi connectivity index (χ2n) is 6.03. The molecule has 0 aliphatic heterocycles. The Morgan fingerprint density at radius 2 is 1.55 bits per heavy atom. The highest BCUT2D eigenvalue weighted by molar-refractivity contribution is 6.31. The number of hydrogen-bond donors (Lipinski definition) is 2. The number of carbonyl (C=O) groups is 2. The molecule has 0 saturated carbocycles. The average Bonchev–Trinajstić information content (AvgIpc) is 2.72. The summed E-state index contributed by atoms with van der Waals surface area (Å²) in [7, 11) is 1.53. The number of benzene rings is 3. The van der Waals surface area contributed by atoms with Crippen LogP contribution in [0.4, 0.5) is 11.4 Å². The van der Waals surface area contributed by atoms with E-state index in [2.05, 4.69) is 10.6 Å². The van der Waals surface area contributed by atoms with Crippen LogP contribution in [0.1, 0.15) is 10.4 Å². The fourth-order valence-electron chi connectivity index (χ4n) is 2.59. The van der Waals surface area contributed by atoms with Gasteiger partial charge in [-0.1, -0.05) is 35.9 Å². The summed E-state index contributed by atoms with van der Waals surface area (Å²) in [6.45, 7) is -0.195. The summed E-state index contributed by atoms with van der Waals surface area (Å²) >= 11 is 5.93. The minimum absolute atomic E-state index is 0.195. The SMILES string of the molecule is COc1ccccc1OCC(=O)Nc1cccc(C(=O)Nc2cccc(Cl)c2)c1. The van der Waals surface area contributed by atoms with Gasteiger partial charge in [0.2, 0.25) is 0 Å². The van der Waals surface area contributed by atoms with Gasteiger partial charge in [0, 0.05) is 22.0 Å². The molecule has 7 heteroatoms. The van der Waals surface area contributed by atoms with Gasteiger partial charge in [-0.15, -0.1) is 0 Å². The van der Waals surface area contributed by atoms with Crippen LogP contribution in [-0.2, 0) is 4.79 Å². The first-order valence-corrected chi connectivity index (χ1v) is 9.15. The molecule has 29 heavy (non-hydrogen) atoms. The molecule has 148 valence electrons. The average molecular weight is 411 g/mol. The molecule has 0 aromatic heterocycles. The Hall–Kier alpha value is -3.51. The van der Waals surface area contributed by atoms with Crippen molar-refractivity contribution in [1.82, 2.24) is 0 Å². The molecule has 0 saturated heterocycles. The summed E-state index contributed by atoms with van der Waals surface area (Å²) < 4.78 is 10.7. The molecule has 3 aromatic carbocycles. The van der Waals surface area contributed by atoms with E-state index >= 15 is 0 Å². The van der Waals surface area contributed by atoms with Crippen molar-refractivity contribution in [3.63, 3.8) is 0 Å². The molecule has 0 bridgehead atoms. The summed E-state index contributed by atoms with van der Waals surface area (Å²) in [6, 6.07) is 20.5. The molecule has 3 rings (SSSR count). The molecule has 0 heterocycles. The highest BCUT2D eigenvalue weighted by Crippen LogP contribution is 2.25. The molecule has 0 spiro atoms. The molecule has 2 amide bonds. The number of hydrogen-bond acceptors (Lipinski definition) is 4. The van der Waals surface area contributed by atoms with Crippen molar-refractivity contribution in [3.05, 3.63) is 83.4 Å². The van der Waals surface area contributed by atoms with E-state index in [9.17, 15) is 9.59 Å². The van der Waals surface area contributed by atoms with Gasteiger partial charge in [-0.25, -0.2) is 0 Å². The fourth-order valence-corrected chi connectivity index (χ4v) is 2.78. The van der Waals surface area contributed by atoms with Crippen LogP contribution in [0.25, 0.3) is 0 Å². The number of nitrogens with one attached hydrogen (secondary N) is 2. The topological polar surface area (TPSA) is 76.7 Å². The summed E-state index contributed by atoms with van der Waals surface area (Å²) in [4.78, 5) is 24.6. The lowest BCUT2D eigenvalue weighted by Crippen LogP contribution is -2.20. The summed E-state index contributed by atoms with van der Waals surface area (Å²) in [5.74, 6) is 0.344. The van der Waals surface area contributed by atoms with Crippen molar-refractivity contribution in [3.8, 4) is 11.5 Å². The van der Waals surface area contributed by atoms with E-state index in [1.165, 1.54) is 7.11 Å². The number of rotatable bonds is 7. The Morgan fingerprint density at radius 3 is 2.28 bits per heavy atom. The van der Waals surface area contributed by atoms with Gasteiger partial charge >= 0.3 is 0 Å². The number of amides is 2. The van der Waals surface area contributed by atoms with E-state index in [0.29, 0.717) is 33.5 Å². The maximum Gasteiger partial charge on any atom is 0.262 e. The smallest absolute Gasteiger partial charge is 0.262 e. The van der Waals surface area contributed by atoms with Crippen LogP contribution < -0.4 is 20.1 Å². The van der Waals surface area contributed by atoms with E-state index in [0.717, 1.165) is 0 Å². The van der Waals surface area contributed by atoms with E-state index in [1.807, 2.05) is 6.07 Å². The third kappa shape index (κ3) is 5.73. The van der Waals surface area contributed by atoms with Gasteiger partial charge in [0.1, 0.15) is 0 Å². The number of methoxy groups -OCH3 is 1. The van der Waals surface area contributed by atoms with E-state index < -0.39 is 0 Å². The Balaban J connectivity index is 1.60. The van der Waals surface area contributed by atoms with Crippen molar-refractivity contribution < 1.29 is 19.1 Å². The third-order valence-corrected chi connectivity index (χ3v) is 4.15. The van der Waals surface area contributed by atoms with Crippen LogP contribution >= 0.6 is 11.6 Å². The second-order valence-corrected chi connectivity index (χ2v) is 6.47. The van der Waals surface area contributed by atoms with Crippen molar-refractivity contribution in [1.29, 1.82) is 0 Å². The lowest BCUT2D eigenvalue weighted by molar-refractivity contribution is -0.118. The molecule has 0 aliphatic carbocycles. The Kier molecular flexibility index (Phi) is 6.71. The number of para-hydroxylation sites is 2. The van der Waals surface area contributed by atoms with Crippen LogP contribution in [0.3, 0.4) is 0 Å². The fraction of sp³-hybridized carbons (Fsp3) is 0.0909. The predicted molar refractivity (Wildman–Crippen MR) is 113 cm³/mol. The van der Waals surface area contributed by atoms with Crippen molar-refractivity contribution in [2.45, 2.75) is 0 Å². The quantitative estimate of drug-likeness (QED) is 0.596. The highest BCUT2D eigenvalue weighted by atomic mass is 35.5. The van der Waals surface area contributed by atoms with Crippen molar-refractivity contribution >= 4 is 34.8 Å². The van der Waals surface area contributed by atoms with Crippen LogP contribution in [0.2, 0.25) is 5.02 Å². The standard InChI is InChI=1S/C22H19ClN2O4/c1-28-19-10-2-3-11-20(19)29-14-21(26)24-17-8-4-6-15(12-17)22(27)25-18-9-5-7-16(23)13-18/h2-13H,14H2,1H3,(H,24,26)(H,25,27). The minimum atomic E-state index is -0.358. The van der Waals surface area contributed by atoms with Crippen molar-refractivity contribution in [2.75, 3.05) is 24.4 Å². The molecular formula is C22H19ClN2O4. The van der Waals surface area contributed by atoms with Gasteiger partial charge in [-0.3, -0.25) is 9.59 Å². The molecule has 6 nitrogen and oxygen atoms in total. The van der Waals surface area contributed by atoms with Gasteiger partial charge in [0.25, 0.3) is 11.8 Å². The van der Waals surface area contributed by atoms with Gasteiger partial charge in [-0.05, 0) is 48.5 Å². The first-order valence-electron chi connectivity index (χ1n) is 8.78. The summed E-state index contributed by atoms with van der Waals surface area (Å²) in [5.41, 5.74) is 1.47. The minimum Gasteiger partial charge on any atom is -0.493 e. The van der Waals surface area contributed by atoms with Gasteiger partial charge in [0.15, 0.2) is 18.1 Å². The first kappa shape index (κ1) is 20.2. The lowest BCUT2D eigenvalue weighted by Gasteiger charge is -2.11. The maximum atomic E-state index is 12.4. The predicted octanol–water partition coefficient (Wildman–Crippen LogP) is 4.62. The maximum absolute atomic E-state index is 12.4. The third-order valence-electron chi connectivity index (χ3n) is 3.92.